The number of hydrogen-bond acceptors (Lipinski definition) is 4. The fraction of sp³-hybridized carbons (Fsp3) is 0.182. The monoisotopic (exact) mass is 377 g/mol. The number of hydrogen-bond donors (Lipinski definition) is 3. The minimum Gasteiger partial charge on any atom is -0.497 e. The standard InChI is InChI=1S/C22H23N3O3/c1-13(2)28-20-11-18(10-19(12-20)27-3)25-22(26)17-7-5-14-8-16(21(23)24)6-4-15(14)9-17/h4-13H,1-3H3,(H3,23,24)(H,25,26). The maximum absolute atomic E-state index is 12.7. The number of nitrogen functional groups attached to an aromatic ring is 1. The Labute approximate surface area is 163 Å². The molecule has 0 radical (unpaired) electrons. The van der Waals surface area contributed by atoms with Crippen LogP contribution in [0.5, 0.6) is 11.5 Å². The van der Waals surface area contributed by atoms with E-state index in [1.54, 1.807) is 43.5 Å². The Morgan fingerprint density at radius 1 is 0.964 bits per heavy atom. The van der Waals surface area contributed by atoms with E-state index >= 15 is 0 Å². The predicted molar refractivity (Wildman–Crippen MR) is 112 cm³/mol. The van der Waals surface area contributed by atoms with Gasteiger partial charge in [-0.25, -0.2) is 0 Å². The number of fused-ring (bicyclic) bond motifs is 1. The number of benzene rings is 3. The normalized spacial score (nSPS) is 10.7. The zero-order valence-corrected chi connectivity index (χ0v) is 16.1. The topological polar surface area (TPSA) is 97.4 Å². The van der Waals surface area contributed by atoms with Crippen LogP contribution in [0.2, 0.25) is 0 Å². The second-order valence-electron chi connectivity index (χ2n) is 6.71. The molecule has 0 bridgehead atoms. The number of carbonyl (C=O) groups is 1. The number of nitrogens with one attached hydrogen (secondary N) is 2. The molecule has 28 heavy (non-hydrogen) atoms. The van der Waals surface area contributed by atoms with Gasteiger partial charge in [0, 0.05) is 35.0 Å². The van der Waals surface area contributed by atoms with Crippen molar-refractivity contribution in [2.45, 2.75) is 20.0 Å². The van der Waals surface area contributed by atoms with E-state index in [-0.39, 0.29) is 17.8 Å². The van der Waals surface area contributed by atoms with Gasteiger partial charge in [0.1, 0.15) is 17.3 Å². The molecule has 3 aromatic carbocycles. The number of carbonyl (C=O) groups excluding carboxylic acids is 1. The summed E-state index contributed by atoms with van der Waals surface area (Å²) in [6, 6.07) is 16.1. The quantitative estimate of drug-likeness (QED) is 0.443. The summed E-state index contributed by atoms with van der Waals surface area (Å²) in [6.45, 7) is 3.87. The van der Waals surface area contributed by atoms with Gasteiger partial charge in [-0.3, -0.25) is 10.2 Å². The Hall–Kier alpha value is -3.54. The van der Waals surface area contributed by atoms with Crippen molar-refractivity contribution < 1.29 is 14.3 Å². The van der Waals surface area contributed by atoms with Gasteiger partial charge in [-0.05, 0) is 42.8 Å². The van der Waals surface area contributed by atoms with E-state index in [9.17, 15) is 4.79 Å². The fourth-order valence-electron chi connectivity index (χ4n) is 2.86. The number of nitrogens with two attached hydrogens (primary N) is 1. The smallest absolute Gasteiger partial charge is 0.255 e. The molecule has 144 valence electrons. The molecule has 3 rings (SSSR count). The summed E-state index contributed by atoms with van der Waals surface area (Å²) < 4.78 is 11.0. The largest absolute Gasteiger partial charge is 0.497 e. The van der Waals surface area contributed by atoms with Crippen molar-refractivity contribution in [3.8, 4) is 11.5 Å². The number of rotatable bonds is 6. The van der Waals surface area contributed by atoms with Gasteiger partial charge in [0.05, 0.1) is 13.2 Å². The first-order chi connectivity index (χ1) is 13.4. The van der Waals surface area contributed by atoms with Crippen LogP contribution in [0.1, 0.15) is 29.8 Å². The lowest BCUT2D eigenvalue weighted by Gasteiger charge is -2.14. The van der Waals surface area contributed by atoms with Gasteiger partial charge in [0.15, 0.2) is 0 Å². The van der Waals surface area contributed by atoms with Crippen molar-refractivity contribution in [1.29, 1.82) is 5.41 Å². The molecule has 0 aliphatic heterocycles. The minimum absolute atomic E-state index is 0.0102. The highest BCUT2D eigenvalue weighted by molar-refractivity contribution is 6.07. The third-order valence-corrected chi connectivity index (χ3v) is 4.16. The van der Waals surface area contributed by atoms with Crippen LogP contribution >= 0.6 is 0 Å². The highest BCUT2D eigenvalue weighted by Gasteiger charge is 2.11. The fourth-order valence-corrected chi connectivity index (χ4v) is 2.86. The number of amidine groups is 1. The van der Waals surface area contributed by atoms with Crippen molar-refractivity contribution in [3.05, 3.63) is 65.7 Å². The number of amides is 1. The summed E-state index contributed by atoms with van der Waals surface area (Å²) in [6.07, 6.45) is 0.0102. The third-order valence-electron chi connectivity index (χ3n) is 4.16. The van der Waals surface area contributed by atoms with E-state index in [2.05, 4.69) is 5.32 Å². The van der Waals surface area contributed by atoms with Crippen molar-refractivity contribution in [3.63, 3.8) is 0 Å². The Morgan fingerprint density at radius 3 is 2.18 bits per heavy atom. The van der Waals surface area contributed by atoms with Gasteiger partial charge in [-0.2, -0.15) is 0 Å². The van der Waals surface area contributed by atoms with Crippen molar-refractivity contribution >= 4 is 28.2 Å². The lowest BCUT2D eigenvalue weighted by Crippen LogP contribution is -2.13. The van der Waals surface area contributed by atoms with Gasteiger partial charge in [0.25, 0.3) is 5.91 Å². The van der Waals surface area contributed by atoms with Crippen molar-refractivity contribution in [1.82, 2.24) is 0 Å². The molecule has 0 aliphatic rings. The van der Waals surface area contributed by atoms with Crippen LogP contribution in [-0.2, 0) is 0 Å². The van der Waals surface area contributed by atoms with Gasteiger partial charge in [-0.1, -0.05) is 18.2 Å². The molecule has 0 unspecified atom stereocenters. The highest BCUT2D eigenvalue weighted by Crippen LogP contribution is 2.27. The van der Waals surface area contributed by atoms with E-state index in [4.69, 9.17) is 20.6 Å². The molecule has 0 aliphatic carbocycles. The molecule has 0 saturated heterocycles. The lowest BCUT2D eigenvalue weighted by molar-refractivity contribution is 0.102. The molecule has 0 atom stereocenters. The second-order valence-corrected chi connectivity index (χ2v) is 6.71. The SMILES string of the molecule is COc1cc(NC(=O)c2ccc3cc(C(=N)N)ccc3c2)cc(OC(C)C)c1. The highest BCUT2D eigenvalue weighted by atomic mass is 16.5. The van der Waals surface area contributed by atoms with Crippen LogP contribution in [-0.4, -0.2) is 25.0 Å². The predicted octanol–water partition coefficient (Wildman–Crippen LogP) is 4.17. The molecule has 0 fully saturated rings. The first-order valence-electron chi connectivity index (χ1n) is 8.91. The summed E-state index contributed by atoms with van der Waals surface area (Å²) in [5.41, 5.74) is 7.30. The molecular formula is C22H23N3O3. The molecule has 0 saturated carbocycles. The van der Waals surface area contributed by atoms with Crippen LogP contribution in [0.4, 0.5) is 5.69 Å². The summed E-state index contributed by atoms with van der Waals surface area (Å²) in [5.74, 6) is 1.01. The van der Waals surface area contributed by atoms with E-state index in [1.165, 1.54) is 0 Å². The zero-order chi connectivity index (χ0) is 20.3. The van der Waals surface area contributed by atoms with E-state index in [1.807, 2.05) is 32.0 Å². The molecule has 6 heteroatoms. The Balaban J connectivity index is 1.86. The van der Waals surface area contributed by atoms with Gasteiger partial charge in [0.2, 0.25) is 0 Å². The summed E-state index contributed by atoms with van der Waals surface area (Å²) in [4.78, 5) is 12.7. The van der Waals surface area contributed by atoms with Gasteiger partial charge >= 0.3 is 0 Å². The Kier molecular flexibility index (Phi) is 5.49. The van der Waals surface area contributed by atoms with Crippen LogP contribution in [0.15, 0.2) is 54.6 Å². The van der Waals surface area contributed by atoms with Crippen LogP contribution in [0.25, 0.3) is 10.8 Å². The summed E-state index contributed by atoms with van der Waals surface area (Å²) >= 11 is 0. The Morgan fingerprint density at radius 2 is 1.57 bits per heavy atom. The van der Waals surface area contributed by atoms with Crippen LogP contribution in [0.3, 0.4) is 0 Å². The van der Waals surface area contributed by atoms with Crippen molar-refractivity contribution in [2.75, 3.05) is 12.4 Å². The van der Waals surface area contributed by atoms with Crippen molar-refractivity contribution in [2.24, 2.45) is 5.73 Å². The molecule has 0 heterocycles. The lowest BCUT2D eigenvalue weighted by atomic mass is 10.0. The van der Waals surface area contributed by atoms with E-state index in [0.717, 1.165) is 10.8 Å². The van der Waals surface area contributed by atoms with E-state index < -0.39 is 0 Å². The molecule has 6 nitrogen and oxygen atoms in total. The maximum atomic E-state index is 12.7. The maximum Gasteiger partial charge on any atom is 0.255 e. The minimum atomic E-state index is -0.235. The second kappa shape index (κ2) is 8.00. The molecule has 3 aromatic rings. The van der Waals surface area contributed by atoms with E-state index in [0.29, 0.717) is 28.3 Å². The zero-order valence-electron chi connectivity index (χ0n) is 16.1. The number of methoxy groups -OCH3 is 1. The molecule has 0 spiro atoms. The summed E-state index contributed by atoms with van der Waals surface area (Å²) in [7, 11) is 1.57. The first-order valence-corrected chi connectivity index (χ1v) is 8.91. The number of ether oxygens (including phenoxy) is 2. The third kappa shape index (κ3) is 4.40. The number of anilines is 1. The van der Waals surface area contributed by atoms with Gasteiger partial charge in [-0.15, -0.1) is 0 Å². The molecule has 4 N–H and O–H groups in total. The summed E-state index contributed by atoms with van der Waals surface area (Å²) in [5, 5.41) is 12.2. The average molecular weight is 377 g/mol. The Bertz CT molecular complexity index is 1040. The van der Waals surface area contributed by atoms with Crippen LogP contribution < -0.4 is 20.5 Å². The molecular weight excluding hydrogens is 354 g/mol. The van der Waals surface area contributed by atoms with Crippen LogP contribution in [0, 0.1) is 5.41 Å². The molecule has 0 aromatic heterocycles. The van der Waals surface area contributed by atoms with Gasteiger partial charge < -0.3 is 20.5 Å². The first kappa shape index (κ1) is 19.2. The average Bonchev–Trinajstić information content (AvgIpc) is 2.66. The molecule has 1 amide bonds.